The van der Waals surface area contributed by atoms with Crippen LogP contribution < -0.4 is 4.74 Å². The maximum Gasteiger partial charge on any atom is 0.141 e. The molecule has 0 amide bonds. The molecular formula is C16H13BrCl2O2. The van der Waals surface area contributed by atoms with Crippen molar-refractivity contribution >= 4 is 44.9 Å². The molecule has 0 spiro atoms. The molecule has 0 aliphatic rings. The highest BCUT2D eigenvalue weighted by atomic mass is 79.9. The second-order valence-electron chi connectivity index (χ2n) is 4.56. The van der Waals surface area contributed by atoms with Gasteiger partial charge in [0.25, 0.3) is 0 Å². The lowest BCUT2D eigenvalue weighted by Gasteiger charge is -2.08. The second-order valence-corrected chi connectivity index (χ2v) is 6.23. The molecule has 2 aromatic carbocycles. The van der Waals surface area contributed by atoms with Crippen LogP contribution >= 0.6 is 39.1 Å². The van der Waals surface area contributed by atoms with Crippen molar-refractivity contribution in [2.45, 2.75) is 12.8 Å². The zero-order chi connectivity index (χ0) is 15.4. The van der Waals surface area contributed by atoms with E-state index in [2.05, 4.69) is 15.9 Å². The third kappa shape index (κ3) is 4.22. The molecule has 0 N–H and O–H groups in total. The van der Waals surface area contributed by atoms with E-state index in [1.165, 1.54) is 0 Å². The van der Waals surface area contributed by atoms with Gasteiger partial charge in [-0.05, 0) is 51.3 Å². The minimum atomic E-state index is 0.0575. The number of ketones is 1. The minimum Gasteiger partial charge on any atom is -0.496 e. The smallest absolute Gasteiger partial charge is 0.141 e. The topological polar surface area (TPSA) is 26.3 Å². The largest absolute Gasteiger partial charge is 0.496 e. The average molecular weight is 388 g/mol. The van der Waals surface area contributed by atoms with E-state index in [9.17, 15) is 4.79 Å². The first-order valence-corrected chi connectivity index (χ1v) is 7.83. The Balaban J connectivity index is 2.10. The summed E-state index contributed by atoms with van der Waals surface area (Å²) in [5, 5.41) is 1.04. The van der Waals surface area contributed by atoms with Gasteiger partial charge in [-0.1, -0.05) is 35.3 Å². The Morgan fingerprint density at radius 3 is 2.38 bits per heavy atom. The first-order valence-electron chi connectivity index (χ1n) is 6.28. The zero-order valence-corrected chi connectivity index (χ0v) is 14.4. The van der Waals surface area contributed by atoms with E-state index in [-0.39, 0.29) is 12.2 Å². The third-order valence-electron chi connectivity index (χ3n) is 3.05. The first-order chi connectivity index (χ1) is 10.0. The Bertz CT molecular complexity index is 651. The van der Waals surface area contributed by atoms with Gasteiger partial charge in [0.1, 0.15) is 11.5 Å². The van der Waals surface area contributed by atoms with Crippen molar-refractivity contribution in [2.75, 3.05) is 7.11 Å². The maximum atomic E-state index is 12.2. The van der Waals surface area contributed by atoms with Crippen molar-refractivity contribution in [2.24, 2.45) is 0 Å². The molecular weight excluding hydrogens is 375 g/mol. The lowest BCUT2D eigenvalue weighted by Crippen LogP contribution is -2.07. The molecule has 0 aliphatic heterocycles. The number of carbonyl (C=O) groups excluding carboxylic acids is 1. The summed E-state index contributed by atoms with van der Waals surface area (Å²) >= 11 is 15.6. The van der Waals surface area contributed by atoms with Crippen molar-refractivity contribution < 1.29 is 9.53 Å². The predicted octanol–water partition coefficient (Wildman–Crippen LogP) is 5.12. The number of ether oxygens (including phenoxy) is 1. The van der Waals surface area contributed by atoms with Gasteiger partial charge in [-0.2, -0.15) is 0 Å². The summed E-state index contributed by atoms with van der Waals surface area (Å²) in [6.45, 7) is 0. The number of halogens is 3. The predicted molar refractivity (Wildman–Crippen MR) is 89.6 cm³/mol. The van der Waals surface area contributed by atoms with Gasteiger partial charge in [-0.15, -0.1) is 0 Å². The molecule has 2 rings (SSSR count). The Labute approximate surface area is 142 Å². The van der Waals surface area contributed by atoms with Crippen molar-refractivity contribution in [1.29, 1.82) is 0 Å². The monoisotopic (exact) mass is 386 g/mol. The second kappa shape index (κ2) is 7.30. The van der Waals surface area contributed by atoms with Crippen LogP contribution in [0, 0.1) is 0 Å². The SMILES string of the molecule is COc1ccc(CC(=O)Cc2c(Cl)cccc2Cl)cc1Br. The van der Waals surface area contributed by atoms with E-state index in [1.807, 2.05) is 18.2 Å². The Hall–Kier alpha value is -1.03. The Morgan fingerprint density at radius 2 is 1.81 bits per heavy atom. The highest BCUT2D eigenvalue weighted by Crippen LogP contribution is 2.27. The van der Waals surface area contributed by atoms with Crippen LogP contribution in [0.25, 0.3) is 0 Å². The number of methoxy groups -OCH3 is 1. The van der Waals surface area contributed by atoms with E-state index >= 15 is 0 Å². The standard InChI is InChI=1S/C16H13BrCl2O2/c1-21-16-6-5-10(8-13(16)17)7-11(20)9-12-14(18)3-2-4-15(12)19/h2-6,8H,7,9H2,1H3. The summed E-state index contributed by atoms with van der Waals surface area (Å²) in [4.78, 5) is 12.2. The lowest BCUT2D eigenvalue weighted by molar-refractivity contribution is -0.117. The normalized spacial score (nSPS) is 10.5. The number of benzene rings is 2. The van der Waals surface area contributed by atoms with Crippen LogP contribution in [-0.2, 0) is 17.6 Å². The van der Waals surface area contributed by atoms with Crippen LogP contribution in [0.3, 0.4) is 0 Å². The van der Waals surface area contributed by atoms with E-state index in [0.717, 1.165) is 15.8 Å². The summed E-state index contributed by atoms with van der Waals surface area (Å²) < 4.78 is 5.99. The van der Waals surface area contributed by atoms with Crippen molar-refractivity contribution in [3.8, 4) is 5.75 Å². The minimum absolute atomic E-state index is 0.0575. The molecule has 0 unspecified atom stereocenters. The van der Waals surface area contributed by atoms with Gasteiger partial charge in [-0.3, -0.25) is 4.79 Å². The van der Waals surface area contributed by atoms with E-state index in [0.29, 0.717) is 22.0 Å². The van der Waals surface area contributed by atoms with Gasteiger partial charge in [0.05, 0.1) is 11.6 Å². The van der Waals surface area contributed by atoms with Crippen LogP contribution in [0.4, 0.5) is 0 Å². The molecule has 0 aromatic heterocycles. The Kier molecular flexibility index (Phi) is 5.68. The molecule has 0 heterocycles. The quantitative estimate of drug-likeness (QED) is 0.711. The Morgan fingerprint density at radius 1 is 1.14 bits per heavy atom. The van der Waals surface area contributed by atoms with Crippen molar-refractivity contribution in [1.82, 2.24) is 0 Å². The summed E-state index contributed by atoms with van der Waals surface area (Å²) in [5.74, 6) is 0.794. The first kappa shape index (κ1) is 16.3. The molecule has 0 saturated heterocycles. The molecule has 5 heteroatoms. The maximum absolute atomic E-state index is 12.2. The number of hydrogen-bond donors (Lipinski definition) is 0. The molecule has 0 atom stereocenters. The molecule has 0 aliphatic carbocycles. The van der Waals surface area contributed by atoms with Gasteiger partial charge in [0.15, 0.2) is 0 Å². The highest BCUT2D eigenvalue weighted by Gasteiger charge is 2.12. The van der Waals surface area contributed by atoms with Crippen LogP contribution in [-0.4, -0.2) is 12.9 Å². The number of rotatable bonds is 5. The van der Waals surface area contributed by atoms with E-state index in [1.54, 1.807) is 25.3 Å². The third-order valence-corrected chi connectivity index (χ3v) is 4.38. The fourth-order valence-corrected chi connectivity index (χ4v) is 3.13. The number of carbonyl (C=O) groups is 1. The molecule has 0 radical (unpaired) electrons. The van der Waals surface area contributed by atoms with Crippen molar-refractivity contribution in [3.05, 3.63) is 62.0 Å². The van der Waals surface area contributed by atoms with E-state index < -0.39 is 0 Å². The molecule has 0 saturated carbocycles. The van der Waals surface area contributed by atoms with Crippen LogP contribution in [0.5, 0.6) is 5.75 Å². The fraction of sp³-hybridized carbons (Fsp3) is 0.188. The molecule has 21 heavy (non-hydrogen) atoms. The molecule has 2 nitrogen and oxygen atoms in total. The molecule has 0 fully saturated rings. The van der Waals surface area contributed by atoms with Crippen LogP contribution in [0.1, 0.15) is 11.1 Å². The fourth-order valence-electron chi connectivity index (χ4n) is 2.01. The molecule has 110 valence electrons. The summed E-state index contributed by atoms with van der Waals surface area (Å²) in [6, 6.07) is 10.8. The van der Waals surface area contributed by atoms with Crippen LogP contribution in [0.15, 0.2) is 40.9 Å². The highest BCUT2D eigenvalue weighted by molar-refractivity contribution is 9.10. The lowest BCUT2D eigenvalue weighted by atomic mass is 10.0. The summed E-state index contributed by atoms with van der Waals surface area (Å²) in [6.07, 6.45) is 0.548. The number of hydrogen-bond acceptors (Lipinski definition) is 2. The van der Waals surface area contributed by atoms with Gasteiger partial charge in [0.2, 0.25) is 0 Å². The average Bonchev–Trinajstić information content (AvgIpc) is 2.43. The van der Waals surface area contributed by atoms with Gasteiger partial charge in [-0.25, -0.2) is 0 Å². The molecule has 0 bridgehead atoms. The van der Waals surface area contributed by atoms with Gasteiger partial charge >= 0.3 is 0 Å². The molecule has 2 aromatic rings. The van der Waals surface area contributed by atoms with Crippen molar-refractivity contribution in [3.63, 3.8) is 0 Å². The van der Waals surface area contributed by atoms with Gasteiger partial charge in [0, 0.05) is 22.9 Å². The van der Waals surface area contributed by atoms with Gasteiger partial charge < -0.3 is 4.74 Å². The zero-order valence-electron chi connectivity index (χ0n) is 11.3. The summed E-state index contributed by atoms with van der Waals surface area (Å²) in [5.41, 5.74) is 1.59. The summed E-state index contributed by atoms with van der Waals surface area (Å²) in [7, 11) is 1.60. The van der Waals surface area contributed by atoms with E-state index in [4.69, 9.17) is 27.9 Å². The van der Waals surface area contributed by atoms with Crippen LogP contribution in [0.2, 0.25) is 10.0 Å². The number of Topliss-reactive ketones (excluding diaryl/α,β-unsaturated/α-hetero) is 1.